The summed E-state index contributed by atoms with van der Waals surface area (Å²) in [6, 6.07) is 0. The highest BCUT2D eigenvalue weighted by atomic mass is 32.1. The number of thiazole rings is 1. The maximum absolute atomic E-state index is 5.68. The van der Waals surface area contributed by atoms with E-state index in [0.29, 0.717) is 5.13 Å². The molecule has 5 nitrogen and oxygen atoms in total. The molecule has 0 aromatic carbocycles. The molecule has 0 radical (unpaired) electrons. The number of hydrogen-bond donors (Lipinski definition) is 1. The highest BCUT2D eigenvalue weighted by Crippen LogP contribution is 2.39. The van der Waals surface area contributed by atoms with Gasteiger partial charge in [-0.15, -0.1) is 21.5 Å². The first-order valence-electron chi connectivity index (χ1n) is 5.98. The lowest BCUT2D eigenvalue weighted by Gasteiger charge is -2.03. The van der Waals surface area contributed by atoms with Crippen LogP contribution in [0.15, 0.2) is 0 Å². The van der Waals surface area contributed by atoms with Crippen molar-refractivity contribution in [2.75, 3.05) is 12.3 Å². The number of nitrogen functional groups attached to an aromatic ring is 1. The number of aromatic nitrogens is 3. The molecule has 0 amide bonds. The Morgan fingerprint density at radius 1 is 1.39 bits per heavy atom. The first kappa shape index (κ1) is 12.0. The molecule has 1 unspecified atom stereocenters. The van der Waals surface area contributed by atoms with Gasteiger partial charge in [0.1, 0.15) is 11.1 Å². The Bertz CT molecular complexity index is 545. The quantitative estimate of drug-likeness (QED) is 0.936. The number of hydrogen-bond acceptors (Lipinski definition) is 7. The maximum atomic E-state index is 5.68. The molecular formula is C11H14N4OS2. The van der Waals surface area contributed by atoms with Gasteiger partial charge in [-0.25, -0.2) is 4.98 Å². The third-order valence-corrected chi connectivity index (χ3v) is 4.98. The van der Waals surface area contributed by atoms with Gasteiger partial charge in [0.25, 0.3) is 0 Å². The van der Waals surface area contributed by atoms with E-state index in [9.17, 15) is 0 Å². The van der Waals surface area contributed by atoms with Crippen LogP contribution in [0.3, 0.4) is 0 Å². The Hall–Kier alpha value is -1.05. The van der Waals surface area contributed by atoms with Crippen LogP contribution in [0, 0.1) is 0 Å². The molecule has 2 aromatic heterocycles. The van der Waals surface area contributed by atoms with E-state index in [2.05, 4.69) is 22.1 Å². The number of nitrogens with zero attached hydrogens (tertiary/aromatic N) is 3. The van der Waals surface area contributed by atoms with Crippen LogP contribution in [0.5, 0.6) is 0 Å². The van der Waals surface area contributed by atoms with Crippen LogP contribution in [0.1, 0.15) is 36.6 Å². The van der Waals surface area contributed by atoms with Gasteiger partial charge in [0.2, 0.25) is 5.13 Å². The average Bonchev–Trinajstić information content (AvgIpc) is 3.07. The van der Waals surface area contributed by atoms with E-state index in [1.807, 2.05) is 0 Å². The summed E-state index contributed by atoms with van der Waals surface area (Å²) in [5.41, 5.74) is 6.71. The molecule has 2 aromatic rings. The van der Waals surface area contributed by atoms with Crippen molar-refractivity contribution in [1.29, 1.82) is 0 Å². The van der Waals surface area contributed by atoms with Crippen molar-refractivity contribution >= 4 is 27.8 Å². The topological polar surface area (TPSA) is 73.9 Å². The molecule has 0 saturated carbocycles. The van der Waals surface area contributed by atoms with Crippen molar-refractivity contribution in [3.05, 3.63) is 10.7 Å². The van der Waals surface area contributed by atoms with Gasteiger partial charge < -0.3 is 10.5 Å². The van der Waals surface area contributed by atoms with Gasteiger partial charge in [0.15, 0.2) is 5.01 Å². The van der Waals surface area contributed by atoms with Crippen molar-refractivity contribution in [3.63, 3.8) is 0 Å². The van der Waals surface area contributed by atoms with E-state index in [0.717, 1.165) is 46.5 Å². The normalized spacial score (nSPS) is 19.5. The second kappa shape index (κ2) is 4.91. The lowest BCUT2D eigenvalue weighted by molar-refractivity contribution is 0.111. The Morgan fingerprint density at radius 3 is 2.89 bits per heavy atom. The summed E-state index contributed by atoms with van der Waals surface area (Å²) >= 11 is 3.08. The highest BCUT2D eigenvalue weighted by molar-refractivity contribution is 7.23. The third-order valence-electron chi connectivity index (χ3n) is 2.89. The second-order valence-electron chi connectivity index (χ2n) is 4.13. The molecule has 7 heteroatoms. The summed E-state index contributed by atoms with van der Waals surface area (Å²) in [6.45, 7) is 2.94. The molecule has 1 aliphatic rings. The van der Waals surface area contributed by atoms with Gasteiger partial charge in [-0.2, -0.15) is 0 Å². The molecule has 3 heterocycles. The van der Waals surface area contributed by atoms with E-state index < -0.39 is 0 Å². The highest BCUT2D eigenvalue weighted by Gasteiger charge is 2.24. The van der Waals surface area contributed by atoms with Crippen LogP contribution >= 0.6 is 22.7 Å². The first-order valence-corrected chi connectivity index (χ1v) is 7.61. The monoisotopic (exact) mass is 282 g/mol. The summed E-state index contributed by atoms with van der Waals surface area (Å²) in [4.78, 5) is 5.78. The molecular weight excluding hydrogens is 268 g/mol. The summed E-state index contributed by atoms with van der Waals surface area (Å²) in [6.07, 6.45) is 3.23. The number of anilines is 1. The van der Waals surface area contributed by atoms with E-state index in [4.69, 9.17) is 10.5 Å². The van der Waals surface area contributed by atoms with E-state index in [1.54, 1.807) is 11.3 Å². The minimum atomic E-state index is 0.166. The standard InChI is InChI=1S/C11H14N4OS2/c1-2-6-8(10-14-15-11(12)18-10)17-9(13-6)7-4-3-5-16-7/h7H,2-5H2,1H3,(H2,12,15). The minimum absolute atomic E-state index is 0.166. The number of aryl methyl sites for hydroxylation is 1. The van der Waals surface area contributed by atoms with E-state index in [1.165, 1.54) is 11.3 Å². The van der Waals surface area contributed by atoms with Gasteiger partial charge >= 0.3 is 0 Å². The van der Waals surface area contributed by atoms with Gasteiger partial charge in [-0.3, -0.25) is 0 Å². The van der Waals surface area contributed by atoms with Gasteiger partial charge in [-0.1, -0.05) is 18.3 Å². The smallest absolute Gasteiger partial charge is 0.203 e. The summed E-state index contributed by atoms with van der Waals surface area (Å²) in [5.74, 6) is 0. The zero-order chi connectivity index (χ0) is 12.5. The van der Waals surface area contributed by atoms with Crippen molar-refractivity contribution in [2.24, 2.45) is 0 Å². The Morgan fingerprint density at radius 2 is 2.28 bits per heavy atom. The van der Waals surface area contributed by atoms with Crippen LogP contribution in [0.25, 0.3) is 9.88 Å². The second-order valence-corrected chi connectivity index (χ2v) is 6.17. The summed E-state index contributed by atoms with van der Waals surface area (Å²) < 4.78 is 5.68. The molecule has 96 valence electrons. The number of nitrogens with two attached hydrogens (primary N) is 1. The zero-order valence-electron chi connectivity index (χ0n) is 10.0. The Balaban J connectivity index is 1.98. The molecule has 2 N–H and O–H groups in total. The zero-order valence-corrected chi connectivity index (χ0v) is 11.7. The van der Waals surface area contributed by atoms with E-state index >= 15 is 0 Å². The Labute approximate surface area is 113 Å². The number of ether oxygens (including phenoxy) is 1. The van der Waals surface area contributed by atoms with Gasteiger partial charge in [0, 0.05) is 6.61 Å². The number of rotatable bonds is 3. The Kier molecular flexibility index (Phi) is 3.27. The van der Waals surface area contributed by atoms with Crippen molar-refractivity contribution < 1.29 is 4.74 Å². The SMILES string of the molecule is CCc1nc(C2CCCO2)sc1-c1nnc(N)s1. The largest absolute Gasteiger partial charge is 0.374 e. The van der Waals surface area contributed by atoms with Crippen LogP contribution in [-0.4, -0.2) is 21.8 Å². The molecule has 3 rings (SSSR count). The van der Waals surface area contributed by atoms with Crippen LogP contribution in [0.2, 0.25) is 0 Å². The molecule has 0 spiro atoms. The molecule has 18 heavy (non-hydrogen) atoms. The lowest BCUT2D eigenvalue weighted by atomic mass is 10.2. The van der Waals surface area contributed by atoms with Crippen LogP contribution in [0.4, 0.5) is 5.13 Å². The maximum Gasteiger partial charge on any atom is 0.203 e. The van der Waals surface area contributed by atoms with Crippen molar-refractivity contribution in [3.8, 4) is 9.88 Å². The molecule has 1 atom stereocenters. The summed E-state index contributed by atoms with van der Waals surface area (Å²) in [7, 11) is 0. The van der Waals surface area contributed by atoms with Crippen molar-refractivity contribution in [2.45, 2.75) is 32.3 Å². The predicted molar refractivity (Wildman–Crippen MR) is 72.7 cm³/mol. The fourth-order valence-corrected chi connectivity index (χ4v) is 3.95. The summed E-state index contributed by atoms with van der Waals surface area (Å²) in [5, 5.41) is 10.4. The van der Waals surface area contributed by atoms with Crippen LogP contribution in [-0.2, 0) is 11.2 Å². The molecule has 1 saturated heterocycles. The minimum Gasteiger partial charge on any atom is -0.374 e. The molecule has 1 aliphatic heterocycles. The van der Waals surface area contributed by atoms with E-state index in [-0.39, 0.29) is 6.10 Å². The lowest BCUT2D eigenvalue weighted by Crippen LogP contribution is -1.94. The molecule has 1 fully saturated rings. The third kappa shape index (κ3) is 2.13. The van der Waals surface area contributed by atoms with Gasteiger partial charge in [0.05, 0.1) is 10.6 Å². The van der Waals surface area contributed by atoms with Crippen molar-refractivity contribution in [1.82, 2.24) is 15.2 Å². The van der Waals surface area contributed by atoms with Crippen LogP contribution < -0.4 is 5.73 Å². The molecule has 0 bridgehead atoms. The fraction of sp³-hybridized carbons (Fsp3) is 0.545. The predicted octanol–water partition coefficient (Wildman–Crippen LogP) is 2.66. The average molecular weight is 282 g/mol. The fourth-order valence-electron chi connectivity index (χ4n) is 2.01. The molecule has 0 aliphatic carbocycles. The first-order chi connectivity index (χ1) is 8.78. The van der Waals surface area contributed by atoms with Gasteiger partial charge in [-0.05, 0) is 19.3 Å².